The molecule has 2 aliphatic carbocycles. The van der Waals surface area contributed by atoms with Gasteiger partial charge in [0.25, 0.3) is 0 Å². The minimum atomic E-state index is -0.132. The predicted octanol–water partition coefficient (Wildman–Crippen LogP) is 11.0. The highest BCUT2D eigenvalue weighted by Crippen LogP contribution is 2.50. The van der Waals surface area contributed by atoms with E-state index in [1.807, 2.05) is 0 Å². The lowest BCUT2D eigenvalue weighted by atomic mass is 9.70. The first-order valence-electron chi connectivity index (χ1n) is 16.5. The number of hydrogen-bond donors (Lipinski definition) is 0. The van der Waals surface area contributed by atoms with Crippen molar-refractivity contribution in [2.45, 2.75) is 38.5 Å². The van der Waals surface area contributed by atoms with Crippen LogP contribution in [0.15, 0.2) is 127 Å². The van der Waals surface area contributed by atoms with Gasteiger partial charge in [-0.1, -0.05) is 125 Å². The Balaban J connectivity index is 1.19. The molecular formula is C44H33N3. The van der Waals surface area contributed by atoms with Gasteiger partial charge in [-0.25, -0.2) is 9.97 Å². The van der Waals surface area contributed by atoms with E-state index in [1.165, 1.54) is 60.8 Å². The number of fused-ring (bicyclic) bond motifs is 8. The third kappa shape index (κ3) is 3.46. The highest BCUT2D eigenvalue weighted by molar-refractivity contribution is 6.10. The molecule has 0 saturated carbocycles. The first-order valence-corrected chi connectivity index (χ1v) is 16.5. The number of rotatable bonds is 2. The van der Waals surface area contributed by atoms with Gasteiger partial charge in [-0.3, -0.25) is 4.57 Å². The lowest BCUT2D eigenvalue weighted by molar-refractivity contribution is 0.643. The van der Waals surface area contributed by atoms with Gasteiger partial charge in [0.15, 0.2) is 0 Å². The van der Waals surface area contributed by atoms with E-state index < -0.39 is 0 Å². The van der Waals surface area contributed by atoms with Gasteiger partial charge in [0.2, 0.25) is 5.95 Å². The molecule has 8 aromatic rings. The van der Waals surface area contributed by atoms with Gasteiger partial charge in [-0.2, -0.15) is 0 Å². The molecule has 6 aromatic carbocycles. The monoisotopic (exact) mass is 603 g/mol. The quantitative estimate of drug-likeness (QED) is 0.197. The van der Waals surface area contributed by atoms with E-state index in [1.54, 1.807) is 0 Å². The van der Waals surface area contributed by atoms with Gasteiger partial charge >= 0.3 is 0 Å². The number of aromatic nitrogens is 3. The Morgan fingerprint density at radius 3 is 1.94 bits per heavy atom. The molecular weight excluding hydrogens is 571 g/mol. The molecule has 0 radical (unpaired) electrons. The van der Waals surface area contributed by atoms with Crippen LogP contribution in [0.2, 0.25) is 0 Å². The van der Waals surface area contributed by atoms with E-state index in [0.717, 1.165) is 27.6 Å². The molecule has 47 heavy (non-hydrogen) atoms. The maximum Gasteiger partial charge on any atom is 0.235 e. The minimum Gasteiger partial charge on any atom is -0.278 e. The second kappa shape index (κ2) is 9.04. The normalized spacial score (nSPS) is 15.1. The fourth-order valence-corrected chi connectivity index (χ4v) is 8.62. The third-order valence-corrected chi connectivity index (χ3v) is 11.0. The van der Waals surface area contributed by atoms with E-state index in [9.17, 15) is 0 Å². The second-order valence-corrected chi connectivity index (χ2v) is 14.3. The number of nitrogens with zero attached hydrogens (tertiary/aromatic N) is 3. The van der Waals surface area contributed by atoms with Gasteiger partial charge in [-0.05, 0) is 74.8 Å². The Bertz CT molecular complexity index is 2640. The summed E-state index contributed by atoms with van der Waals surface area (Å²) in [7, 11) is 0. The molecule has 0 unspecified atom stereocenters. The summed E-state index contributed by atoms with van der Waals surface area (Å²) in [4.78, 5) is 10.7. The second-order valence-electron chi connectivity index (χ2n) is 14.3. The fourth-order valence-electron chi connectivity index (χ4n) is 8.62. The molecule has 224 valence electrons. The van der Waals surface area contributed by atoms with Crippen molar-refractivity contribution >= 4 is 32.7 Å². The van der Waals surface area contributed by atoms with E-state index in [-0.39, 0.29) is 10.8 Å². The zero-order valence-electron chi connectivity index (χ0n) is 27.0. The summed E-state index contributed by atoms with van der Waals surface area (Å²) in [6.45, 7) is 9.31. The van der Waals surface area contributed by atoms with Crippen LogP contribution in [0.5, 0.6) is 0 Å². The summed E-state index contributed by atoms with van der Waals surface area (Å²) < 4.78 is 2.25. The average molecular weight is 604 g/mol. The Hall–Kier alpha value is -5.54. The van der Waals surface area contributed by atoms with Crippen molar-refractivity contribution in [1.82, 2.24) is 14.5 Å². The largest absolute Gasteiger partial charge is 0.278 e. The van der Waals surface area contributed by atoms with Crippen LogP contribution in [0.1, 0.15) is 49.9 Å². The highest BCUT2D eigenvalue weighted by Gasteiger charge is 2.36. The topological polar surface area (TPSA) is 30.7 Å². The lowest BCUT2D eigenvalue weighted by Gasteiger charge is -2.34. The van der Waals surface area contributed by atoms with Crippen LogP contribution in [-0.4, -0.2) is 14.5 Å². The zero-order chi connectivity index (χ0) is 31.7. The Morgan fingerprint density at radius 1 is 0.468 bits per heavy atom. The number of hydrogen-bond acceptors (Lipinski definition) is 2. The van der Waals surface area contributed by atoms with Crippen molar-refractivity contribution in [2.24, 2.45) is 0 Å². The maximum absolute atomic E-state index is 5.39. The molecule has 0 spiro atoms. The predicted molar refractivity (Wildman–Crippen MR) is 194 cm³/mol. The smallest absolute Gasteiger partial charge is 0.235 e. The van der Waals surface area contributed by atoms with Crippen molar-refractivity contribution in [3.05, 3.63) is 150 Å². The average Bonchev–Trinajstić information content (AvgIpc) is 3.55. The van der Waals surface area contributed by atoms with E-state index >= 15 is 0 Å². The fraction of sp³-hybridized carbons (Fsp3) is 0.136. The van der Waals surface area contributed by atoms with Gasteiger partial charge < -0.3 is 0 Å². The Kier molecular flexibility index (Phi) is 5.13. The molecule has 3 nitrogen and oxygen atoms in total. The van der Waals surface area contributed by atoms with Crippen LogP contribution < -0.4 is 0 Å². The molecule has 0 atom stereocenters. The summed E-state index contributed by atoms with van der Waals surface area (Å²) in [6.07, 6.45) is 0. The molecule has 2 aliphatic rings. The van der Waals surface area contributed by atoms with Crippen LogP contribution in [0.3, 0.4) is 0 Å². The highest BCUT2D eigenvalue weighted by atomic mass is 15.2. The minimum absolute atomic E-state index is 0.0382. The summed E-state index contributed by atoms with van der Waals surface area (Å²) in [5, 5.41) is 3.56. The van der Waals surface area contributed by atoms with Crippen LogP contribution in [-0.2, 0) is 10.8 Å². The van der Waals surface area contributed by atoms with Gasteiger partial charge in [-0.15, -0.1) is 0 Å². The molecule has 0 saturated heterocycles. The van der Waals surface area contributed by atoms with Crippen molar-refractivity contribution in [3.8, 4) is 39.5 Å². The molecule has 2 aromatic heterocycles. The molecule has 10 rings (SSSR count). The van der Waals surface area contributed by atoms with Crippen LogP contribution in [0.4, 0.5) is 0 Å². The summed E-state index contributed by atoms with van der Waals surface area (Å²) in [6, 6.07) is 46.6. The van der Waals surface area contributed by atoms with Crippen LogP contribution in [0, 0.1) is 0 Å². The van der Waals surface area contributed by atoms with Gasteiger partial charge in [0.05, 0.1) is 22.2 Å². The third-order valence-electron chi connectivity index (χ3n) is 11.0. The van der Waals surface area contributed by atoms with Gasteiger partial charge in [0.1, 0.15) is 0 Å². The first kappa shape index (κ1) is 26.7. The van der Waals surface area contributed by atoms with Crippen molar-refractivity contribution in [1.29, 1.82) is 0 Å². The maximum atomic E-state index is 5.39. The van der Waals surface area contributed by atoms with Gasteiger partial charge in [0, 0.05) is 32.6 Å². The molecule has 0 bridgehead atoms. The Morgan fingerprint density at radius 2 is 1.09 bits per heavy atom. The summed E-state index contributed by atoms with van der Waals surface area (Å²) in [5.41, 5.74) is 15.8. The molecule has 2 heterocycles. The van der Waals surface area contributed by atoms with E-state index in [2.05, 4.69) is 160 Å². The number of benzene rings is 6. The SMILES string of the molecule is CC1(C)c2ccccc2-c2ccc(-c3ccc4c(c3)c3ccccc3n4-c3nc4c5c(cccc5n3)C(C)(C)c3ccccc3-4)cc21. The van der Waals surface area contributed by atoms with Crippen LogP contribution in [0.25, 0.3) is 72.2 Å². The lowest BCUT2D eigenvalue weighted by Crippen LogP contribution is -2.24. The standard InChI is InChI=1S/C44H33N3/c1-43(2)34-16-9-6-14-31(34)41-40-35(43)17-11-18-37(40)45-42(46-41)47-38-19-10-7-13-30(38)32-24-26(21-23-39(32)47)27-20-22-29-28-12-5-8-15-33(28)44(3,4)36(29)25-27/h5-25H,1-4H3. The first-order chi connectivity index (χ1) is 22.8. The number of para-hydroxylation sites is 1. The molecule has 0 amide bonds. The Labute approximate surface area is 274 Å². The molecule has 0 N–H and O–H groups in total. The molecule has 3 heteroatoms. The van der Waals surface area contributed by atoms with Crippen LogP contribution >= 0.6 is 0 Å². The van der Waals surface area contributed by atoms with Crippen molar-refractivity contribution in [2.75, 3.05) is 0 Å². The van der Waals surface area contributed by atoms with E-state index in [0.29, 0.717) is 5.95 Å². The van der Waals surface area contributed by atoms with E-state index in [4.69, 9.17) is 9.97 Å². The molecule has 0 aliphatic heterocycles. The molecule has 0 fully saturated rings. The summed E-state index contributed by atoms with van der Waals surface area (Å²) >= 11 is 0. The van der Waals surface area contributed by atoms with Crippen molar-refractivity contribution < 1.29 is 0 Å². The zero-order valence-corrected chi connectivity index (χ0v) is 27.0. The van der Waals surface area contributed by atoms with Crippen molar-refractivity contribution in [3.63, 3.8) is 0 Å². The summed E-state index contributed by atoms with van der Waals surface area (Å²) in [5.74, 6) is 0.704.